The molecule has 0 bridgehead atoms. The number of hydrogen-bond acceptors (Lipinski definition) is 4. The molecule has 4 nitrogen and oxygen atoms in total. The normalized spacial score (nSPS) is 12.0. The Bertz CT molecular complexity index is 757. The van der Waals surface area contributed by atoms with Crippen molar-refractivity contribution in [1.29, 1.82) is 0 Å². The van der Waals surface area contributed by atoms with Gasteiger partial charge in [-0.1, -0.05) is 0 Å². The van der Waals surface area contributed by atoms with Gasteiger partial charge in [0.15, 0.2) is 0 Å². The van der Waals surface area contributed by atoms with Gasteiger partial charge < -0.3 is 0 Å². The van der Waals surface area contributed by atoms with Crippen molar-refractivity contribution in [2.24, 2.45) is 0 Å². The van der Waals surface area contributed by atoms with E-state index in [4.69, 9.17) is 4.74 Å². The number of benzene rings is 2. The van der Waals surface area contributed by atoms with Crippen LogP contribution in [0.25, 0.3) is 11.3 Å². The first kappa shape index (κ1) is 14.2. The summed E-state index contributed by atoms with van der Waals surface area (Å²) in [4.78, 5) is 0.785. The van der Waals surface area contributed by atoms with Gasteiger partial charge >= 0.3 is 131 Å². The van der Waals surface area contributed by atoms with Crippen LogP contribution in [-0.4, -0.2) is 35.2 Å². The molecule has 0 amide bonds. The van der Waals surface area contributed by atoms with Gasteiger partial charge in [0.25, 0.3) is 0 Å². The molecule has 1 unspecified atom stereocenters. The topological polar surface area (TPSA) is 52.1 Å². The van der Waals surface area contributed by atoms with Crippen molar-refractivity contribution in [3.63, 3.8) is 0 Å². The summed E-state index contributed by atoms with van der Waals surface area (Å²) < 4.78 is 22.7. The minimum atomic E-state index is -1.21. The van der Waals surface area contributed by atoms with E-state index in [0.717, 1.165) is 25.7 Å². The SMILES string of the molecule is COc1ccc(-c2nn[se]c2S(=O)c2ccccc2)cc1. The first-order valence-electron chi connectivity index (χ1n) is 6.23. The Labute approximate surface area is 131 Å². The molecule has 0 saturated carbocycles. The average molecular weight is 363 g/mol. The molecule has 6 heteroatoms. The number of methoxy groups -OCH3 is 1. The third kappa shape index (κ3) is 2.97. The van der Waals surface area contributed by atoms with Crippen LogP contribution in [0.3, 0.4) is 0 Å². The fourth-order valence-corrected chi connectivity index (χ4v) is 5.03. The molecule has 2 aromatic carbocycles. The maximum absolute atomic E-state index is 12.7. The number of aromatic nitrogens is 2. The van der Waals surface area contributed by atoms with Crippen LogP contribution >= 0.6 is 0 Å². The van der Waals surface area contributed by atoms with E-state index in [1.165, 1.54) is 0 Å². The van der Waals surface area contributed by atoms with Crippen LogP contribution in [0, 0.1) is 0 Å². The van der Waals surface area contributed by atoms with E-state index in [-0.39, 0.29) is 14.7 Å². The van der Waals surface area contributed by atoms with E-state index in [1.54, 1.807) is 7.11 Å². The average Bonchev–Trinajstić information content (AvgIpc) is 3.04. The molecular weight excluding hydrogens is 351 g/mol. The molecule has 21 heavy (non-hydrogen) atoms. The van der Waals surface area contributed by atoms with E-state index in [2.05, 4.69) is 9.19 Å². The zero-order valence-corrected chi connectivity index (χ0v) is 13.8. The standard InChI is InChI=1S/C15H12N2O2SSe/c1-19-12-9-7-11(8-10-12)14-15(21-17-16-14)20(18)13-5-3-2-4-6-13/h2-10H,1H3. The molecule has 0 aliphatic carbocycles. The van der Waals surface area contributed by atoms with Crippen LogP contribution in [0.4, 0.5) is 0 Å². The molecule has 106 valence electrons. The molecular formula is C15H12N2O2SSe. The monoisotopic (exact) mass is 364 g/mol. The molecule has 3 aromatic rings. The Morgan fingerprint density at radius 3 is 2.43 bits per heavy atom. The molecule has 0 saturated heterocycles. The van der Waals surface area contributed by atoms with Gasteiger partial charge in [0.05, 0.1) is 0 Å². The van der Waals surface area contributed by atoms with Gasteiger partial charge in [-0.05, 0) is 0 Å². The minimum absolute atomic E-state index is 0.212. The summed E-state index contributed by atoms with van der Waals surface area (Å²) in [5, 5.41) is 4.19. The van der Waals surface area contributed by atoms with E-state index in [9.17, 15) is 4.21 Å². The molecule has 0 spiro atoms. The van der Waals surface area contributed by atoms with Crippen LogP contribution < -0.4 is 4.74 Å². The van der Waals surface area contributed by atoms with Gasteiger partial charge in [-0.25, -0.2) is 0 Å². The number of rotatable bonds is 4. The van der Waals surface area contributed by atoms with E-state index < -0.39 is 10.8 Å². The molecule has 0 radical (unpaired) electrons. The number of nitrogens with zero attached hydrogens (tertiary/aromatic N) is 2. The second-order valence-electron chi connectivity index (χ2n) is 4.22. The van der Waals surface area contributed by atoms with Crippen molar-refractivity contribution in [3.05, 3.63) is 54.6 Å². The fraction of sp³-hybridized carbons (Fsp3) is 0.0667. The van der Waals surface area contributed by atoms with E-state index in [0.29, 0.717) is 0 Å². The molecule has 0 aliphatic heterocycles. The van der Waals surface area contributed by atoms with Crippen LogP contribution in [0.1, 0.15) is 0 Å². The first-order valence-corrected chi connectivity index (χ1v) is 9.00. The van der Waals surface area contributed by atoms with Gasteiger partial charge in [0, 0.05) is 0 Å². The van der Waals surface area contributed by atoms with Crippen LogP contribution in [0.15, 0.2) is 63.3 Å². The Morgan fingerprint density at radius 1 is 1.05 bits per heavy atom. The zero-order valence-electron chi connectivity index (χ0n) is 11.2. The summed E-state index contributed by atoms with van der Waals surface area (Å²) in [6.07, 6.45) is 0. The van der Waals surface area contributed by atoms with Crippen molar-refractivity contribution < 1.29 is 8.95 Å². The maximum atomic E-state index is 12.7. The molecule has 3 rings (SSSR count). The first-order chi connectivity index (χ1) is 10.3. The predicted molar refractivity (Wildman–Crippen MR) is 82.1 cm³/mol. The van der Waals surface area contributed by atoms with Gasteiger partial charge in [-0.3, -0.25) is 0 Å². The Balaban J connectivity index is 1.99. The molecule has 0 N–H and O–H groups in total. The third-order valence-electron chi connectivity index (χ3n) is 2.95. The van der Waals surface area contributed by atoms with Gasteiger partial charge in [0.2, 0.25) is 0 Å². The van der Waals surface area contributed by atoms with E-state index in [1.807, 2.05) is 54.6 Å². The Morgan fingerprint density at radius 2 is 1.76 bits per heavy atom. The van der Waals surface area contributed by atoms with Gasteiger partial charge in [-0.15, -0.1) is 0 Å². The van der Waals surface area contributed by atoms with Crippen molar-refractivity contribution in [3.8, 4) is 17.0 Å². The van der Waals surface area contributed by atoms with Crippen LogP contribution in [0.2, 0.25) is 0 Å². The summed E-state index contributed by atoms with van der Waals surface area (Å²) in [7, 11) is 0.420. The van der Waals surface area contributed by atoms with Crippen molar-refractivity contribution in [2.75, 3.05) is 7.11 Å². The van der Waals surface area contributed by atoms with E-state index >= 15 is 0 Å². The summed E-state index contributed by atoms with van der Waals surface area (Å²) in [5.41, 5.74) is 1.64. The Kier molecular flexibility index (Phi) is 4.29. The number of hydrogen-bond donors (Lipinski definition) is 0. The molecule has 0 aliphatic rings. The van der Waals surface area contributed by atoms with Gasteiger partial charge in [0.1, 0.15) is 0 Å². The summed E-state index contributed by atoms with van der Waals surface area (Å²) in [5.74, 6) is 0.783. The van der Waals surface area contributed by atoms with Gasteiger partial charge in [-0.2, -0.15) is 0 Å². The summed E-state index contributed by atoms with van der Waals surface area (Å²) >= 11 is -0.212. The summed E-state index contributed by atoms with van der Waals surface area (Å²) in [6, 6.07) is 17.0. The Hall–Kier alpha value is -1.75. The molecule has 0 fully saturated rings. The molecule has 1 atom stereocenters. The molecule has 1 aromatic heterocycles. The molecule has 1 heterocycles. The second kappa shape index (κ2) is 6.35. The second-order valence-corrected chi connectivity index (χ2v) is 7.80. The quantitative estimate of drug-likeness (QED) is 0.668. The summed E-state index contributed by atoms with van der Waals surface area (Å²) in [6.45, 7) is 0. The predicted octanol–water partition coefficient (Wildman–Crippen LogP) is 2.38. The third-order valence-corrected chi connectivity index (χ3v) is 6.61. The van der Waals surface area contributed by atoms with Crippen LogP contribution in [-0.2, 0) is 10.8 Å². The van der Waals surface area contributed by atoms with Crippen molar-refractivity contribution >= 4 is 25.5 Å². The number of ether oxygens (including phenoxy) is 1. The van der Waals surface area contributed by atoms with Crippen LogP contribution in [0.5, 0.6) is 5.75 Å². The van der Waals surface area contributed by atoms with Crippen molar-refractivity contribution in [1.82, 2.24) is 9.19 Å². The van der Waals surface area contributed by atoms with Crippen molar-refractivity contribution in [2.45, 2.75) is 8.66 Å². The fourth-order valence-electron chi connectivity index (χ4n) is 1.88. The zero-order chi connectivity index (χ0) is 14.7.